The van der Waals surface area contributed by atoms with Crippen molar-refractivity contribution < 1.29 is 14.7 Å². The molecule has 5 nitrogen and oxygen atoms in total. The van der Waals surface area contributed by atoms with Gasteiger partial charge in [0.1, 0.15) is 0 Å². The summed E-state index contributed by atoms with van der Waals surface area (Å²) >= 11 is 0. The molecule has 1 fully saturated rings. The van der Waals surface area contributed by atoms with Crippen LogP contribution in [0.4, 0.5) is 0 Å². The molecule has 2 rings (SSSR count). The van der Waals surface area contributed by atoms with Crippen LogP contribution in [0.1, 0.15) is 42.2 Å². The van der Waals surface area contributed by atoms with Crippen molar-refractivity contribution >= 4 is 11.9 Å². The standard InChI is InChI=1S/C15H20N2O3/c1-2-17-9-7-11(14(17)18)4-3-5-13-10-12(15(19)20)6-8-16-13/h6,8,10-11H,2-5,7,9H2,1H3,(H,19,20)/t11-/m1/s1. The summed E-state index contributed by atoms with van der Waals surface area (Å²) in [6, 6.07) is 3.10. The number of aryl methyl sites for hydroxylation is 1. The van der Waals surface area contributed by atoms with E-state index in [1.165, 1.54) is 12.3 Å². The van der Waals surface area contributed by atoms with Crippen molar-refractivity contribution in [2.45, 2.75) is 32.6 Å². The lowest BCUT2D eigenvalue weighted by atomic mass is 9.99. The lowest BCUT2D eigenvalue weighted by Crippen LogP contribution is -2.26. The van der Waals surface area contributed by atoms with Gasteiger partial charge in [-0.15, -0.1) is 0 Å². The Labute approximate surface area is 118 Å². The van der Waals surface area contributed by atoms with E-state index in [2.05, 4.69) is 4.98 Å². The first-order chi connectivity index (χ1) is 9.61. The maximum Gasteiger partial charge on any atom is 0.335 e. The van der Waals surface area contributed by atoms with Gasteiger partial charge in [-0.2, -0.15) is 0 Å². The monoisotopic (exact) mass is 276 g/mol. The minimum atomic E-state index is -0.932. The van der Waals surface area contributed by atoms with Crippen LogP contribution in [0.25, 0.3) is 0 Å². The average Bonchev–Trinajstić information content (AvgIpc) is 2.80. The molecule has 1 aromatic heterocycles. The van der Waals surface area contributed by atoms with E-state index in [-0.39, 0.29) is 17.4 Å². The second kappa shape index (κ2) is 6.50. The first-order valence-electron chi connectivity index (χ1n) is 7.08. The molecule has 20 heavy (non-hydrogen) atoms. The summed E-state index contributed by atoms with van der Waals surface area (Å²) in [6.45, 7) is 3.66. The molecule has 5 heteroatoms. The van der Waals surface area contributed by atoms with Crippen molar-refractivity contribution in [3.05, 3.63) is 29.6 Å². The second-order valence-electron chi connectivity index (χ2n) is 5.14. The lowest BCUT2D eigenvalue weighted by molar-refractivity contribution is -0.130. The molecule has 0 unspecified atom stereocenters. The molecule has 0 radical (unpaired) electrons. The van der Waals surface area contributed by atoms with E-state index in [0.29, 0.717) is 0 Å². The summed E-state index contributed by atoms with van der Waals surface area (Å²) in [4.78, 5) is 28.9. The summed E-state index contributed by atoms with van der Waals surface area (Å²) in [5.74, 6) is -0.532. The molecule has 0 aromatic carbocycles. The normalized spacial score (nSPS) is 18.6. The van der Waals surface area contributed by atoms with E-state index >= 15 is 0 Å². The highest BCUT2D eigenvalue weighted by Gasteiger charge is 2.29. The summed E-state index contributed by atoms with van der Waals surface area (Å²) in [6.07, 6.45) is 4.91. The number of aromatic carboxylic acids is 1. The summed E-state index contributed by atoms with van der Waals surface area (Å²) in [5, 5.41) is 8.92. The van der Waals surface area contributed by atoms with E-state index in [4.69, 9.17) is 5.11 Å². The fourth-order valence-corrected chi connectivity index (χ4v) is 2.66. The number of aromatic nitrogens is 1. The zero-order valence-electron chi connectivity index (χ0n) is 11.7. The number of carbonyl (C=O) groups is 2. The molecule has 1 amide bonds. The van der Waals surface area contributed by atoms with Crippen LogP contribution in [0, 0.1) is 5.92 Å². The molecule has 0 spiro atoms. The number of carbonyl (C=O) groups excluding carboxylic acids is 1. The Bertz CT molecular complexity index is 502. The fourth-order valence-electron chi connectivity index (χ4n) is 2.66. The molecule has 1 saturated heterocycles. The molecular formula is C15H20N2O3. The van der Waals surface area contributed by atoms with Crippen LogP contribution in [0.2, 0.25) is 0 Å². The highest BCUT2D eigenvalue weighted by atomic mass is 16.4. The quantitative estimate of drug-likeness (QED) is 0.862. The van der Waals surface area contributed by atoms with Crippen LogP contribution in [-0.2, 0) is 11.2 Å². The van der Waals surface area contributed by atoms with E-state index < -0.39 is 5.97 Å². The van der Waals surface area contributed by atoms with Crippen molar-refractivity contribution in [3.8, 4) is 0 Å². The molecule has 0 bridgehead atoms. The van der Waals surface area contributed by atoms with Crippen LogP contribution >= 0.6 is 0 Å². The maximum absolute atomic E-state index is 12.0. The van der Waals surface area contributed by atoms with Gasteiger partial charge in [0.05, 0.1) is 5.56 Å². The maximum atomic E-state index is 12.0. The van der Waals surface area contributed by atoms with Gasteiger partial charge < -0.3 is 10.0 Å². The van der Waals surface area contributed by atoms with E-state index in [1.54, 1.807) is 6.07 Å². The SMILES string of the molecule is CCN1CC[C@@H](CCCc2cc(C(=O)O)ccn2)C1=O. The first-order valence-corrected chi connectivity index (χ1v) is 7.08. The van der Waals surface area contributed by atoms with Gasteiger partial charge in [-0.1, -0.05) is 0 Å². The van der Waals surface area contributed by atoms with Gasteiger partial charge >= 0.3 is 5.97 Å². The molecule has 0 aliphatic carbocycles. The van der Waals surface area contributed by atoms with Gasteiger partial charge in [-0.25, -0.2) is 4.79 Å². The molecule has 0 saturated carbocycles. The van der Waals surface area contributed by atoms with Gasteiger partial charge in [0.2, 0.25) is 5.91 Å². The number of carboxylic acids is 1. The molecule has 1 aliphatic heterocycles. The van der Waals surface area contributed by atoms with E-state index in [1.807, 2.05) is 11.8 Å². The number of hydrogen-bond donors (Lipinski definition) is 1. The summed E-state index contributed by atoms with van der Waals surface area (Å²) in [7, 11) is 0. The number of hydrogen-bond acceptors (Lipinski definition) is 3. The third-order valence-corrected chi connectivity index (χ3v) is 3.84. The minimum absolute atomic E-state index is 0.137. The number of pyridine rings is 1. The van der Waals surface area contributed by atoms with Crippen molar-refractivity contribution in [2.75, 3.05) is 13.1 Å². The molecule has 1 N–H and O–H groups in total. The van der Waals surface area contributed by atoms with Crippen molar-refractivity contribution in [1.82, 2.24) is 9.88 Å². The topological polar surface area (TPSA) is 70.5 Å². The number of amides is 1. The van der Waals surface area contributed by atoms with Crippen molar-refractivity contribution in [2.24, 2.45) is 5.92 Å². The van der Waals surface area contributed by atoms with Gasteiger partial charge in [0, 0.05) is 30.9 Å². The van der Waals surface area contributed by atoms with Crippen LogP contribution in [0.3, 0.4) is 0 Å². The van der Waals surface area contributed by atoms with Crippen LogP contribution in [0.15, 0.2) is 18.3 Å². The van der Waals surface area contributed by atoms with Crippen molar-refractivity contribution in [1.29, 1.82) is 0 Å². The van der Waals surface area contributed by atoms with Crippen LogP contribution < -0.4 is 0 Å². The van der Waals surface area contributed by atoms with E-state index in [9.17, 15) is 9.59 Å². The Hall–Kier alpha value is -1.91. The number of likely N-dealkylation sites (tertiary alicyclic amines) is 1. The van der Waals surface area contributed by atoms with Crippen LogP contribution in [0.5, 0.6) is 0 Å². The Kier molecular flexibility index (Phi) is 4.71. The molecule has 1 atom stereocenters. The van der Waals surface area contributed by atoms with Gasteiger partial charge in [-0.05, 0) is 44.7 Å². The predicted octanol–water partition coefficient (Wildman–Crippen LogP) is 1.97. The number of carboxylic acid groups (broad SMARTS) is 1. The second-order valence-corrected chi connectivity index (χ2v) is 5.14. The number of nitrogens with zero attached hydrogens (tertiary/aromatic N) is 2. The first kappa shape index (κ1) is 14.5. The zero-order chi connectivity index (χ0) is 14.5. The average molecular weight is 276 g/mol. The van der Waals surface area contributed by atoms with Gasteiger partial charge in [0.25, 0.3) is 0 Å². The highest BCUT2D eigenvalue weighted by molar-refractivity contribution is 5.87. The van der Waals surface area contributed by atoms with Gasteiger partial charge in [-0.3, -0.25) is 9.78 Å². The molecule has 2 heterocycles. The zero-order valence-corrected chi connectivity index (χ0v) is 11.7. The largest absolute Gasteiger partial charge is 0.478 e. The number of rotatable bonds is 6. The third-order valence-electron chi connectivity index (χ3n) is 3.84. The Morgan fingerprint density at radius 3 is 3.00 bits per heavy atom. The molecule has 1 aromatic rings. The fraction of sp³-hybridized carbons (Fsp3) is 0.533. The third kappa shape index (κ3) is 3.35. The smallest absolute Gasteiger partial charge is 0.335 e. The van der Waals surface area contributed by atoms with Gasteiger partial charge in [0.15, 0.2) is 0 Å². The lowest BCUT2D eigenvalue weighted by Gasteiger charge is -2.13. The predicted molar refractivity (Wildman–Crippen MR) is 74.5 cm³/mol. The molecule has 1 aliphatic rings. The summed E-state index contributed by atoms with van der Waals surface area (Å²) in [5.41, 5.74) is 1.05. The molecule has 108 valence electrons. The minimum Gasteiger partial charge on any atom is -0.478 e. The Balaban J connectivity index is 1.83. The summed E-state index contributed by atoms with van der Waals surface area (Å²) < 4.78 is 0. The Morgan fingerprint density at radius 1 is 1.55 bits per heavy atom. The van der Waals surface area contributed by atoms with Crippen LogP contribution in [-0.4, -0.2) is 40.0 Å². The molecular weight excluding hydrogens is 256 g/mol. The highest BCUT2D eigenvalue weighted by Crippen LogP contribution is 2.23. The van der Waals surface area contributed by atoms with E-state index in [0.717, 1.165) is 44.5 Å². The van der Waals surface area contributed by atoms with Crippen molar-refractivity contribution in [3.63, 3.8) is 0 Å². The Morgan fingerprint density at radius 2 is 2.35 bits per heavy atom.